The molecule has 0 bridgehead atoms. The van der Waals surface area contributed by atoms with Crippen LogP contribution in [-0.4, -0.2) is 58.6 Å². The molecular formula is C23H31N3O2S2. The van der Waals surface area contributed by atoms with Gasteiger partial charge in [0.25, 0.3) is 5.91 Å². The summed E-state index contributed by atoms with van der Waals surface area (Å²) < 4.78 is 2.08. The van der Waals surface area contributed by atoms with Gasteiger partial charge in [0.1, 0.15) is 5.00 Å². The minimum Gasteiger partial charge on any atom is -0.346 e. The molecule has 5 nitrogen and oxygen atoms in total. The SMILES string of the molecule is CCCCN(C)C(=O)C1CCN(C(=O)c2c(-n3cccc3)sc3c2CCSC3)CC1. The number of hydrogen-bond donors (Lipinski definition) is 0. The highest BCUT2D eigenvalue weighted by Gasteiger charge is 2.33. The van der Waals surface area contributed by atoms with E-state index >= 15 is 0 Å². The van der Waals surface area contributed by atoms with Crippen LogP contribution in [0.25, 0.3) is 5.00 Å². The summed E-state index contributed by atoms with van der Waals surface area (Å²) in [7, 11) is 1.91. The van der Waals surface area contributed by atoms with Crippen LogP contribution in [0.2, 0.25) is 0 Å². The zero-order valence-electron chi connectivity index (χ0n) is 17.9. The summed E-state index contributed by atoms with van der Waals surface area (Å²) >= 11 is 3.71. The maximum atomic E-state index is 13.6. The number of rotatable bonds is 6. The average Bonchev–Trinajstić information content (AvgIpc) is 3.44. The van der Waals surface area contributed by atoms with Crippen molar-refractivity contribution in [2.24, 2.45) is 5.92 Å². The highest BCUT2D eigenvalue weighted by molar-refractivity contribution is 7.98. The molecular weight excluding hydrogens is 414 g/mol. The molecule has 4 rings (SSSR count). The van der Waals surface area contributed by atoms with Gasteiger partial charge in [0, 0.05) is 55.6 Å². The molecule has 0 unspecified atom stereocenters. The molecule has 7 heteroatoms. The first-order chi connectivity index (χ1) is 14.6. The zero-order valence-corrected chi connectivity index (χ0v) is 19.6. The number of thiophene rings is 1. The molecule has 2 aromatic rings. The van der Waals surface area contributed by atoms with Gasteiger partial charge in [-0.3, -0.25) is 9.59 Å². The van der Waals surface area contributed by atoms with Crippen LogP contribution in [0.15, 0.2) is 24.5 Å². The van der Waals surface area contributed by atoms with Crippen molar-refractivity contribution in [3.05, 3.63) is 40.5 Å². The predicted octanol–water partition coefficient (Wildman–Crippen LogP) is 4.44. The van der Waals surface area contributed by atoms with Crippen LogP contribution in [0.5, 0.6) is 0 Å². The Bertz CT molecular complexity index is 883. The van der Waals surface area contributed by atoms with Crippen LogP contribution in [0.1, 0.15) is 53.4 Å². The molecule has 0 saturated carbocycles. The largest absolute Gasteiger partial charge is 0.346 e. The van der Waals surface area contributed by atoms with E-state index in [-0.39, 0.29) is 17.7 Å². The molecule has 1 saturated heterocycles. The molecule has 2 aromatic heterocycles. The Hall–Kier alpha value is -1.73. The summed E-state index contributed by atoms with van der Waals surface area (Å²) in [6, 6.07) is 4.02. The number of amides is 2. The smallest absolute Gasteiger partial charge is 0.257 e. The van der Waals surface area contributed by atoms with Crippen LogP contribution in [0.3, 0.4) is 0 Å². The molecule has 30 heavy (non-hydrogen) atoms. The van der Waals surface area contributed by atoms with Gasteiger partial charge < -0.3 is 14.4 Å². The van der Waals surface area contributed by atoms with Gasteiger partial charge in [0.2, 0.25) is 5.91 Å². The lowest BCUT2D eigenvalue weighted by Gasteiger charge is -2.33. The molecule has 0 N–H and O–H groups in total. The van der Waals surface area contributed by atoms with Gasteiger partial charge in [-0.15, -0.1) is 11.3 Å². The lowest BCUT2D eigenvalue weighted by molar-refractivity contribution is -0.135. The van der Waals surface area contributed by atoms with Crippen molar-refractivity contribution < 1.29 is 9.59 Å². The number of piperidine rings is 1. The quantitative estimate of drug-likeness (QED) is 0.660. The Kier molecular flexibility index (Phi) is 6.88. The standard InChI is InChI=1S/C23H31N3O2S2/c1-3-4-10-24(2)21(27)17-7-13-25(14-8-17)22(28)20-18-9-15-29-16-19(18)30-23(20)26-11-5-6-12-26/h5-6,11-12,17H,3-4,7-10,13-16H2,1-2H3. The molecule has 0 radical (unpaired) electrons. The number of carbonyl (C=O) groups excluding carboxylic acids is 2. The second-order valence-corrected chi connectivity index (χ2v) is 10.4. The maximum Gasteiger partial charge on any atom is 0.257 e. The van der Waals surface area contributed by atoms with Gasteiger partial charge in [-0.05, 0) is 49.1 Å². The molecule has 162 valence electrons. The summed E-state index contributed by atoms with van der Waals surface area (Å²) in [5.74, 6) is 2.52. The minimum absolute atomic E-state index is 0.0487. The van der Waals surface area contributed by atoms with Gasteiger partial charge in [0.05, 0.1) is 5.56 Å². The first kappa shape index (κ1) is 21.5. The fraction of sp³-hybridized carbons (Fsp3) is 0.565. The van der Waals surface area contributed by atoms with Gasteiger partial charge >= 0.3 is 0 Å². The molecule has 2 aliphatic heterocycles. The highest BCUT2D eigenvalue weighted by Crippen LogP contribution is 2.39. The summed E-state index contributed by atoms with van der Waals surface area (Å²) in [6.45, 7) is 4.31. The van der Waals surface area contributed by atoms with Crippen LogP contribution in [-0.2, 0) is 17.0 Å². The van der Waals surface area contributed by atoms with E-state index in [4.69, 9.17) is 0 Å². The Balaban J connectivity index is 1.49. The van der Waals surface area contributed by atoms with Crippen molar-refractivity contribution in [3.63, 3.8) is 0 Å². The number of nitrogens with zero attached hydrogens (tertiary/aromatic N) is 3. The number of hydrogen-bond acceptors (Lipinski definition) is 4. The molecule has 0 spiro atoms. The molecule has 0 aliphatic carbocycles. The number of unbranched alkanes of at least 4 members (excludes halogenated alkanes) is 1. The van der Waals surface area contributed by atoms with E-state index in [1.807, 2.05) is 53.1 Å². The first-order valence-electron chi connectivity index (χ1n) is 11.0. The average molecular weight is 446 g/mol. The third kappa shape index (κ3) is 4.33. The Morgan fingerprint density at radius 3 is 2.63 bits per heavy atom. The zero-order chi connectivity index (χ0) is 21.1. The predicted molar refractivity (Wildman–Crippen MR) is 125 cm³/mol. The third-order valence-corrected chi connectivity index (χ3v) is 8.62. The first-order valence-corrected chi connectivity index (χ1v) is 13.0. The third-order valence-electron chi connectivity index (χ3n) is 6.21. The molecule has 4 heterocycles. The van der Waals surface area contributed by atoms with Gasteiger partial charge in [-0.25, -0.2) is 0 Å². The van der Waals surface area contributed by atoms with Crippen molar-refractivity contribution in [2.75, 3.05) is 32.4 Å². The van der Waals surface area contributed by atoms with Gasteiger partial charge in [0.15, 0.2) is 0 Å². The van der Waals surface area contributed by atoms with Crippen molar-refractivity contribution in [3.8, 4) is 5.00 Å². The molecule has 2 aliphatic rings. The Morgan fingerprint density at radius 1 is 1.20 bits per heavy atom. The summed E-state index contributed by atoms with van der Waals surface area (Å²) in [4.78, 5) is 31.6. The molecule has 2 amide bonds. The number of thioether (sulfide) groups is 1. The van der Waals surface area contributed by atoms with Crippen molar-refractivity contribution in [1.82, 2.24) is 14.4 Å². The van der Waals surface area contributed by atoms with E-state index in [0.717, 1.165) is 60.7 Å². The number of aromatic nitrogens is 1. The van der Waals surface area contributed by atoms with Crippen molar-refractivity contribution >= 4 is 34.9 Å². The van der Waals surface area contributed by atoms with Crippen molar-refractivity contribution in [1.29, 1.82) is 0 Å². The van der Waals surface area contributed by atoms with E-state index in [0.29, 0.717) is 13.1 Å². The Morgan fingerprint density at radius 2 is 1.93 bits per heavy atom. The lowest BCUT2D eigenvalue weighted by Crippen LogP contribution is -2.44. The van der Waals surface area contributed by atoms with Crippen LogP contribution in [0, 0.1) is 5.92 Å². The molecule has 1 fully saturated rings. The van der Waals surface area contributed by atoms with E-state index in [2.05, 4.69) is 11.5 Å². The molecule has 0 aromatic carbocycles. The number of likely N-dealkylation sites (tertiary alicyclic amines) is 1. The summed E-state index contributed by atoms with van der Waals surface area (Å²) in [6.07, 6.45) is 8.69. The van der Waals surface area contributed by atoms with E-state index in [1.165, 1.54) is 10.4 Å². The van der Waals surface area contributed by atoms with Crippen LogP contribution >= 0.6 is 23.1 Å². The van der Waals surface area contributed by atoms with E-state index in [1.54, 1.807) is 11.3 Å². The summed E-state index contributed by atoms with van der Waals surface area (Å²) in [5.41, 5.74) is 2.15. The number of fused-ring (bicyclic) bond motifs is 1. The number of carbonyl (C=O) groups is 2. The second-order valence-electron chi connectivity index (χ2n) is 8.26. The normalized spacial score (nSPS) is 17.1. The Labute approximate surface area is 187 Å². The van der Waals surface area contributed by atoms with Crippen LogP contribution in [0.4, 0.5) is 0 Å². The van der Waals surface area contributed by atoms with Gasteiger partial charge in [-0.2, -0.15) is 11.8 Å². The maximum absolute atomic E-state index is 13.6. The lowest BCUT2D eigenvalue weighted by atomic mass is 9.94. The van der Waals surface area contributed by atoms with Gasteiger partial charge in [-0.1, -0.05) is 13.3 Å². The fourth-order valence-corrected chi connectivity index (χ4v) is 6.83. The monoisotopic (exact) mass is 445 g/mol. The topological polar surface area (TPSA) is 45.6 Å². The van der Waals surface area contributed by atoms with E-state index < -0.39 is 0 Å². The highest BCUT2D eigenvalue weighted by atomic mass is 32.2. The van der Waals surface area contributed by atoms with Crippen LogP contribution < -0.4 is 0 Å². The van der Waals surface area contributed by atoms with E-state index in [9.17, 15) is 9.59 Å². The minimum atomic E-state index is 0.0487. The van der Waals surface area contributed by atoms with Crippen molar-refractivity contribution in [2.45, 2.75) is 44.8 Å². The second kappa shape index (κ2) is 9.60. The fourth-order valence-electron chi connectivity index (χ4n) is 4.39. The molecule has 0 atom stereocenters. The summed E-state index contributed by atoms with van der Waals surface area (Å²) in [5, 5.41) is 1.05.